The van der Waals surface area contributed by atoms with Crippen molar-refractivity contribution in [2.75, 3.05) is 13.7 Å². The maximum Gasteiger partial charge on any atom is 0.311 e. The summed E-state index contributed by atoms with van der Waals surface area (Å²) < 4.78 is 9.78. The van der Waals surface area contributed by atoms with E-state index in [4.69, 9.17) is 10.5 Å². The molecule has 0 saturated carbocycles. The molecule has 19 heavy (non-hydrogen) atoms. The first-order chi connectivity index (χ1) is 9.08. The van der Waals surface area contributed by atoms with Gasteiger partial charge in [-0.3, -0.25) is 14.9 Å². The summed E-state index contributed by atoms with van der Waals surface area (Å²) >= 11 is 0. The molecule has 0 unspecified atom stereocenters. The third-order valence-corrected chi connectivity index (χ3v) is 2.47. The fourth-order valence-electron chi connectivity index (χ4n) is 1.46. The number of hydrogen-bond donors (Lipinski definition) is 1. The number of nitro groups is 1. The number of methoxy groups -OCH3 is 1. The van der Waals surface area contributed by atoms with Gasteiger partial charge in [-0.2, -0.15) is 0 Å². The summed E-state index contributed by atoms with van der Waals surface area (Å²) in [6, 6.07) is 4.57. The minimum Gasteiger partial charge on any atom is -0.487 e. The largest absolute Gasteiger partial charge is 0.487 e. The van der Waals surface area contributed by atoms with Gasteiger partial charge in [0.15, 0.2) is 5.75 Å². The molecule has 0 atom stereocenters. The predicted octanol–water partition coefficient (Wildman–Crippen LogP) is 1.39. The molecule has 2 N–H and O–H groups in total. The minimum atomic E-state index is -0.519. The molecular formula is C12H16N2O5. The number of carbonyl (C=O) groups is 1. The first-order valence-corrected chi connectivity index (χ1v) is 5.75. The molecule has 0 heterocycles. The molecule has 0 amide bonds. The van der Waals surface area contributed by atoms with E-state index >= 15 is 0 Å². The zero-order valence-electron chi connectivity index (χ0n) is 10.6. The van der Waals surface area contributed by atoms with Gasteiger partial charge in [0.25, 0.3) is 0 Å². The van der Waals surface area contributed by atoms with Crippen LogP contribution in [-0.2, 0) is 16.1 Å². The van der Waals surface area contributed by atoms with Crippen molar-refractivity contribution >= 4 is 11.7 Å². The van der Waals surface area contributed by atoms with Gasteiger partial charge in [-0.1, -0.05) is 6.07 Å². The van der Waals surface area contributed by atoms with Gasteiger partial charge in [0.2, 0.25) is 0 Å². The second kappa shape index (κ2) is 7.32. The number of rotatable bonds is 7. The van der Waals surface area contributed by atoms with Gasteiger partial charge < -0.3 is 15.2 Å². The van der Waals surface area contributed by atoms with Gasteiger partial charge in [-0.05, 0) is 18.1 Å². The molecule has 104 valence electrons. The molecule has 0 aliphatic rings. The van der Waals surface area contributed by atoms with Crippen molar-refractivity contribution in [3.63, 3.8) is 0 Å². The Morgan fingerprint density at radius 2 is 2.21 bits per heavy atom. The fraction of sp³-hybridized carbons (Fsp3) is 0.417. The second-order valence-electron chi connectivity index (χ2n) is 3.79. The molecule has 0 aromatic heterocycles. The van der Waals surface area contributed by atoms with Crippen LogP contribution in [0.4, 0.5) is 5.69 Å². The number of nitro benzene ring substituents is 1. The number of benzene rings is 1. The number of hydrogen-bond acceptors (Lipinski definition) is 6. The summed E-state index contributed by atoms with van der Waals surface area (Å²) in [5.74, 6) is -0.163. The molecular weight excluding hydrogens is 252 g/mol. The Morgan fingerprint density at radius 3 is 2.79 bits per heavy atom. The zero-order chi connectivity index (χ0) is 14.3. The molecule has 0 spiro atoms. The van der Waals surface area contributed by atoms with E-state index in [1.54, 1.807) is 6.07 Å². The van der Waals surface area contributed by atoms with Gasteiger partial charge in [-0.25, -0.2) is 0 Å². The molecule has 0 bridgehead atoms. The maximum absolute atomic E-state index is 10.9. The number of ether oxygens (including phenoxy) is 2. The molecule has 1 aromatic carbocycles. The third kappa shape index (κ3) is 4.55. The van der Waals surface area contributed by atoms with Crippen LogP contribution in [0.5, 0.6) is 5.75 Å². The molecule has 7 heteroatoms. The lowest BCUT2D eigenvalue weighted by molar-refractivity contribution is -0.385. The first-order valence-electron chi connectivity index (χ1n) is 5.75. The number of nitrogens with zero attached hydrogens (tertiary/aromatic N) is 1. The summed E-state index contributed by atoms with van der Waals surface area (Å²) in [6.45, 7) is 0.432. The van der Waals surface area contributed by atoms with Crippen molar-refractivity contribution in [1.82, 2.24) is 0 Å². The van der Waals surface area contributed by atoms with E-state index in [0.29, 0.717) is 12.0 Å². The maximum atomic E-state index is 10.9. The van der Waals surface area contributed by atoms with Crippen molar-refractivity contribution in [2.24, 2.45) is 5.73 Å². The van der Waals surface area contributed by atoms with Crippen molar-refractivity contribution in [2.45, 2.75) is 19.4 Å². The second-order valence-corrected chi connectivity index (χ2v) is 3.79. The third-order valence-electron chi connectivity index (χ3n) is 2.47. The molecule has 0 fully saturated rings. The standard InChI is InChI=1S/C12H16N2O5/c1-18-12(15)3-2-6-19-11-5-4-9(8-13)7-10(11)14(16)17/h4-5,7H,2-3,6,8,13H2,1H3. The number of nitrogens with two attached hydrogens (primary N) is 1. The highest BCUT2D eigenvalue weighted by Crippen LogP contribution is 2.28. The highest BCUT2D eigenvalue weighted by atomic mass is 16.6. The van der Waals surface area contributed by atoms with Gasteiger partial charge in [-0.15, -0.1) is 0 Å². The lowest BCUT2D eigenvalue weighted by atomic mass is 10.2. The quantitative estimate of drug-likeness (QED) is 0.346. The lowest BCUT2D eigenvalue weighted by Gasteiger charge is -2.07. The Bertz CT molecular complexity index is 461. The normalized spacial score (nSPS) is 10.0. The molecule has 1 rings (SSSR count). The van der Waals surface area contributed by atoms with Crippen LogP contribution >= 0.6 is 0 Å². The topological polar surface area (TPSA) is 105 Å². The highest BCUT2D eigenvalue weighted by Gasteiger charge is 2.15. The van der Waals surface area contributed by atoms with Crippen LogP contribution in [0.2, 0.25) is 0 Å². The van der Waals surface area contributed by atoms with Gasteiger partial charge in [0.05, 0.1) is 18.6 Å². The molecule has 1 aromatic rings. The highest BCUT2D eigenvalue weighted by molar-refractivity contribution is 5.69. The average Bonchev–Trinajstić information content (AvgIpc) is 2.43. The Kier molecular flexibility index (Phi) is 5.74. The first kappa shape index (κ1) is 14.9. The van der Waals surface area contributed by atoms with Crippen LogP contribution in [0.15, 0.2) is 18.2 Å². The van der Waals surface area contributed by atoms with Crippen LogP contribution < -0.4 is 10.5 Å². The number of esters is 1. The Morgan fingerprint density at radius 1 is 1.47 bits per heavy atom. The van der Waals surface area contributed by atoms with Crippen molar-refractivity contribution in [1.29, 1.82) is 0 Å². The van der Waals surface area contributed by atoms with Crippen LogP contribution in [-0.4, -0.2) is 24.6 Å². The van der Waals surface area contributed by atoms with E-state index in [9.17, 15) is 14.9 Å². The Hall–Kier alpha value is -2.15. The summed E-state index contributed by atoms with van der Waals surface area (Å²) in [7, 11) is 1.31. The van der Waals surface area contributed by atoms with Crippen LogP contribution in [0.25, 0.3) is 0 Å². The smallest absolute Gasteiger partial charge is 0.311 e. The molecule has 7 nitrogen and oxygen atoms in total. The van der Waals surface area contributed by atoms with Crippen molar-refractivity contribution in [3.05, 3.63) is 33.9 Å². The lowest BCUT2D eigenvalue weighted by Crippen LogP contribution is -2.06. The molecule has 0 aliphatic heterocycles. The fourth-order valence-corrected chi connectivity index (χ4v) is 1.46. The van der Waals surface area contributed by atoms with Crippen molar-refractivity contribution in [3.8, 4) is 5.75 Å². The summed E-state index contributed by atoms with van der Waals surface area (Å²) in [5.41, 5.74) is 5.96. The summed E-state index contributed by atoms with van der Waals surface area (Å²) in [4.78, 5) is 21.3. The van der Waals surface area contributed by atoms with Crippen LogP contribution in [0.3, 0.4) is 0 Å². The Labute approximate surface area is 110 Å². The van der Waals surface area contributed by atoms with E-state index in [2.05, 4.69) is 4.74 Å². The van der Waals surface area contributed by atoms with Gasteiger partial charge >= 0.3 is 11.7 Å². The molecule has 0 radical (unpaired) electrons. The van der Waals surface area contributed by atoms with Gasteiger partial charge in [0.1, 0.15) is 0 Å². The Balaban J connectivity index is 2.62. The van der Waals surface area contributed by atoms with Crippen molar-refractivity contribution < 1.29 is 19.2 Å². The predicted molar refractivity (Wildman–Crippen MR) is 67.7 cm³/mol. The monoisotopic (exact) mass is 268 g/mol. The van der Waals surface area contributed by atoms with E-state index in [1.807, 2.05) is 0 Å². The molecule has 0 saturated heterocycles. The van der Waals surface area contributed by atoms with Gasteiger partial charge in [0, 0.05) is 19.0 Å². The average molecular weight is 268 g/mol. The van der Waals surface area contributed by atoms with E-state index in [1.165, 1.54) is 19.2 Å². The van der Waals surface area contributed by atoms with E-state index in [0.717, 1.165) is 0 Å². The summed E-state index contributed by atoms with van der Waals surface area (Å²) in [5, 5.41) is 10.9. The summed E-state index contributed by atoms with van der Waals surface area (Å²) in [6.07, 6.45) is 0.646. The number of carbonyl (C=O) groups excluding carboxylic acids is 1. The van der Waals surface area contributed by atoms with Crippen LogP contribution in [0, 0.1) is 10.1 Å². The van der Waals surface area contributed by atoms with E-state index in [-0.39, 0.29) is 37.0 Å². The minimum absolute atomic E-state index is 0.124. The van der Waals surface area contributed by atoms with Crippen LogP contribution in [0.1, 0.15) is 18.4 Å². The molecule has 0 aliphatic carbocycles. The zero-order valence-corrected chi connectivity index (χ0v) is 10.6. The van der Waals surface area contributed by atoms with E-state index < -0.39 is 4.92 Å². The SMILES string of the molecule is COC(=O)CCCOc1ccc(CN)cc1[N+](=O)[O-].